The van der Waals surface area contributed by atoms with Crippen molar-refractivity contribution in [3.05, 3.63) is 47.5 Å². The molecule has 0 saturated heterocycles. The van der Waals surface area contributed by atoms with Gasteiger partial charge in [0.1, 0.15) is 0 Å². The first-order chi connectivity index (χ1) is 7.61. The Balaban J connectivity index is 0.00000144. The molecule has 5 heteroatoms. The molecule has 2 aromatic rings. The smallest absolute Gasteiger partial charge is 1.00 e. The Bertz CT molecular complexity index is 598. The normalized spacial score (nSPS) is 9.65. The fourth-order valence-corrected chi connectivity index (χ4v) is 1.68. The summed E-state index contributed by atoms with van der Waals surface area (Å²) in [5, 5.41) is 19.1. The van der Waals surface area contributed by atoms with Crippen molar-refractivity contribution >= 4 is 22.7 Å². The Hall–Kier alpha value is -0.724. The standard InChI is InChI=1S/C12H8O4.K.H/c13-11(14)9-6-5-7-3-1-2-4-8(7)10(9)12(15)16;;/h1-6H,(H,13,14)(H,15,16);;/q;+1;-1. The Morgan fingerprint density at radius 2 is 1.59 bits per heavy atom. The van der Waals surface area contributed by atoms with Crippen molar-refractivity contribution in [2.24, 2.45) is 0 Å². The quantitative estimate of drug-likeness (QED) is 0.700. The van der Waals surface area contributed by atoms with Gasteiger partial charge in [0.2, 0.25) is 0 Å². The first-order valence-electron chi connectivity index (χ1n) is 4.59. The van der Waals surface area contributed by atoms with Crippen LogP contribution < -0.4 is 51.4 Å². The zero-order chi connectivity index (χ0) is 11.7. The summed E-state index contributed by atoms with van der Waals surface area (Å²) in [6.07, 6.45) is 0. The molecular weight excluding hydrogens is 247 g/mol. The van der Waals surface area contributed by atoms with E-state index in [0.717, 1.165) is 0 Å². The van der Waals surface area contributed by atoms with Gasteiger partial charge < -0.3 is 11.6 Å². The van der Waals surface area contributed by atoms with Gasteiger partial charge in [0.15, 0.2) is 0 Å². The van der Waals surface area contributed by atoms with Gasteiger partial charge in [-0.3, -0.25) is 0 Å². The number of carbonyl (C=O) groups is 2. The van der Waals surface area contributed by atoms with Crippen LogP contribution in [0.1, 0.15) is 22.1 Å². The summed E-state index contributed by atoms with van der Waals surface area (Å²) in [5.41, 5.74) is -0.350. The summed E-state index contributed by atoms with van der Waals surface area (Å²) in [7, 11) is 0. The molecule has 0 atom stereocenters. The van der Waals surface area contributed by atoms with E-state index in [9.17, 15) is 9.59 Å². The number of hydrogen-bond donors (Lipinski definition) is 2. The molecular formula is C12H9KO4. The molecule has 0 amide bonds. The molecule has 0 heterocycles. The number of fused-ring (bicyclic) bond motifs is 1. The molecule has 0 fully saturated rings. The Labute approximate surface area is 141 Å². The molecule has 0 unspecified atom stereocenters. The molecule has 0 saturated carbocycles. The second kappa shape index (κ2) is 5.75. The van der Waals surface area contributed by atoms with E-state index >= 15 is 0 Å². The van der Waals surface area contributed by atoms with Crippen molar-refractivity contribution in [1.82, 2.24) is 0 Å². The van der Waals surface area contributed by atoms with Gasteiger partial charge in [-0.05, 0) is 16.8 Å². The van der Waals surface area contributed by atoms with Gasteiger partial charge >= 0.3 is 63.3 Å². The first kappa shape index (κ1) is 14.3. The average Bonchev–Trinajstić information content (AvgIpc) is 2.27. The van der Waals surface area contributed by atoms with Crippen molar-refractivity contribution < 1.29 is 72.6 Å². The van der Waals surface area contributed by atoms with Gasteiger partial charge in [0.05, 0.1) is 11.1 Å². The van der Waals surface area contributed by atoms with Crippen LogP contribution in [0.25, 0.3) is 10.8 Å². The van der Waals surface area contributed by atoms with Gasteiger partial charge in [0, 0.05) is 0 Å². The van der Waals surface area contributed by atoms with E-state index < -0.39 is 11.9 Å². The Morgan fingerprint density at radius 1 is 0.941 bits per heavy atom. The molecule has 0 radical (unpaired) electrons. The maximum Gasteiger partial charge on any atom is 1.00 e. The second-order valence-electron chi connectivity index (χ2n) is 3.32. The van der Waals surface area contributed by atoms with Crippen molar-refractivity contribution in [1.29, 1.82) is 0 Å². The van der Waals surface area contributed by atoms with Crippen LogP contribution in [-0.2, 0) is 0 Å². The minimum Gasteiger partial charge on any atom is -1.00 e. The van der Waals surface area contributed by atoms with Crippen molar-refractivity contribution in [2.75, 3.05) is 0 Å². The van der Waals surface area contributed by atoms with Gasteiger partial charge in [-0.2, -0.15) is 0 Å². The summed E-state index contributed by atoms with van der Waals surface area (Å²) >= 11 is 0. The van der Waals surface area contributed by atoms with Crippen molar-refractivity contribution in [2.45, 2.75) is 0 Å². The Kier molecular flexibility index (Phi) is 4.85. The number of rotatable bonds is 2. The number of hydrogen-bond acceptors (Lipinski definition) is 2. The third-order valence-corrected chi connectivity index (χ3v) is 2.37. The van der Waals surface area contributed by atoms with E-state index in [-0.39, 0.29) is 63.9 Å². The van der Waals surface area contributed by atoms with Crippen molar-refractivity contribution in [3.63, 3.8) is 0 Å². The minimum atomic E-state index is -1.23. The predicted molar refractivity (Wildman–Crippen MR) is 59.0 cm³/mol. The topological polar surface area (TPSA) is 74.6 Å². The van der Waals surface area contributed by atoms with E-state index in [2.05, 4.69) is 0 Å². The van der Waals surface area contributed by atoms with E-state index in [0.29, 0.717) is 10.8 Å². The van der Waals surface area contributed by atoms with E-state index in [1.807, 2.05) is 0 Å². The number of carboxylic acids is 2. The molecule has 0 bridgehead atoms. The minimum absolute atomic E-state index is 0. The molecule has 0 spiro atoms. The molecule has 0 aliphatic carbocycles. The molecule has 82 valence electrons. The van der Waals surface area contributed by atoms with Crippen molar-refractivity contribution in [3.8, 4) is 0 Å². The van der Waals surface area contributed by atoms with Crippen LogP contribution in [0, 0.1) is 0 Å². The number of carboxylic acid groups (broad SMARTS) is 2. The summed E-state index contributed by atoms with van der Waals surface area (Å²) in [6, 6.07) is 9.72. The van der Waals surface area contributed by atoms with E-state index in [4.69, 9.17) is 10.2 Å². The summed E-state index contributed by atoms with van der Waals surface area (Å²) in [6.45, 7) is 0. The zero-order valence-corrected chi connectivity index (χ0v) is 12.3. The van der Waals surface area contributed by atoms with Crippen LogP contribution in [0.4, 0.5) is 0 Å². The van der Waals surface area contributed by atoms with Crippen LogP contribution in [0.15, 0.2) is 36.4 Å². The van der Waals surface area contributed by atoms with Gasteiger partial charge in [0.25, 0.3) is 0 Å². The SMILES string of the molecule is O=C(O)c1ccc2ccccc2c1C(=O)O.[H-].[K+]. The fourth-order valence-electron chi connectivity index (χ4n) is 1.68. The third kappa shape index (κ3) is 2.75. The number of aromatic carboxylic acids is 2. The molecule has 0 aromatic heterocycles. The van der Waals surface area contributed by atoms with Crippen LogP contribution >= 0.6 is 0 Å². The first-order valence-corrected chi connectivity index (χ1v) is 4.59. The average molecular weight is 256 g/mol. The van der Waals surface area contributed by atoms with Crippen LogP contribution in [0.2, 0.25) is 0 Å². The summed E-state index contributed by atoms with van der Waals surface area (Å²) < 4.78 is 0. The third-order valence-electron chi connectivity index (χ3n) is 2.37. The Morgan fingerprint density at radius 3 is 2.18 bits per heavy atom. The largest absolute Gasteiger partial charge is 1.00 e. The van der Waals surface area contributed by atoms with Gasteiger partial charge in [-0.25, -0.2) is 9.59 Å². The monoisotopic (exact) mass is 256 g/mol. The molecule has 4 nitrogen and oxygen atoms in total. The second-order valence-corrected chi connectivity index (χ2v) is 3.32. The molecule has 2 N–H and O–H groups in total. The molecule has 2 rings (SSSR count). The fraction of sp³-hybridized carbons (Fsp3) is 0. The molecule has 0 aliphatic heterocycles. The summed E-state index contributed by atoms with van der Waals surface area (Å²) in [4.78, 5) is 22.0. The molecule has 2 aromatic carbocycles. The van der Waals surface area contributed by atoms with Crippen LogP contribution in [-0.4, -0.2) is 22.2 Å². The maximum atomic E-state index is 11.1. The van der Waals surface area contributed by atoms with E-state index in [1.165, 1.54) is 6.07 Å². The molecule has 0 aliphatic rings. The van der Waals surface area contributed by atoms with Gasteiger partial charge in [-0.15, -0.1) is 0 Å². The zero-order valence-electron chi connectivity index (χ0n) is 10.2. The molecule has 17 heavy (non-hydrogen) atoms. The van der Waals surface area contributed by atoms with Gasteiger partial charge in [-0.1, -0.05) is 30.3 Å². The number of benzene rings is 2. The van der Waals surface area contributed by atoms with E-state index in [1.54, 1.807) is 30.3 Å². The van der Waals surface area contributed by atoms with Crippen LogP contribution in [0.3, 0.4) is 0 Å². The predicted octanol–water partition coefficient (Wildman–Crippen LogP) is -0.647. The maximum absolute atomic E-state index is 11.1. The van der Waals surface area contributed by atoms with Crippen LogP contribution in [0.5, 0.6) is 0 Å². The summed E-state index contributed by atoms with van der Waals surface area (Å²) in [5.74, 6) is -2.46.